The van der Waals surface area contributed by atoms with E-state index in [1.807, 2.05) is 12.1 Å². The van der Waals surface area contributed by atoms with Crippen molar-refractivity contribution in [3.05, 3.63) is 18.2 Å². The monoisotopic (exact) mass is 629 g/mol. The Balaban J connectivity index is 1.17. The number of alkyl halides is 1. The van der Waals surface area contributed by atoms with Crippen molar-refractivity contribution in [2.45, 2.75) is 76.3 Å². The maximum atomic E-state index is 14.0. The van der Waals surface area contributed by atoms with Crippen LogP contribution in [0.25, 0.3) is 10.2 Å². The summed E-state index contributed by atoms with van der Waals surface area (Å²) in [4.78, 5) is 59.0. The van der Waals surface area contributed by atoms with Crippen LogP contribution in [0.5, 0.6) is 0 Å². The zero-order valence-corrected chi connectivity index (χ0v) is 25.5. The maximum Gasteiger partial charge on any atom is 0.416 e. The van der Waals surface area contributed by atoms with Gasteiger partial charge in [-0.25, -0.2) is 23.9 Å². The van der Waals surface area contributed by atoms with E-state index in [0.717, 1.165) is 42.3 Å². The first-order valence-electron chi connectivity index (χ1n) is 15.8. The minimum atomic E-state index is -1.24. The number of nitrogens with one attached hydrogen (secondary N) is 2. The summed E-state index contributed by atoms with van der Waals surface area (Å²) >= 11 is 1.36. The van der Waals surface area contributed by atoms with Gasteiger partial charge >= 0.3 is 12.2 Å². The Labute approximate surface area is 259 Å². The quantitative estimate of drug-likeness (QED) is 0.355. The molecule has 3 heterocycles. The fourth-order valence-corrected chi connectivity index (χ4v) is 8.81. The predicted octanol–water partition coefficient (Wildman–Crippen LogP) is 5.40. The molecule has 4 aliphatic rings. The summed E-state index contributed by atoms with van der Waals surface area (Å²) in [6, 6.07) is 4.16. The van der Waals surface area contributed by atoms with Crippen LogP contribution in [0.15, 0.2) is 18.2 Å². The van der Waals surface area contributed by atoms with E-state index in [0.29, 0.717) is 62.1 Å². The summed E-state index contributed by atoms with van der Waals surface area (Å²) in [6.07, 6.45) is 6.99. The second kappa shape index (κ2) is 13.3. The van der Waals surface area contributed by atoms with E-state index in [1.54, 1.807) is 11.0 Å². The highest BCUT2D eigenvalue weighted by Crippen LogP contribution is 2.42. The summed E-state index contributed by atoms with van der Waals surface area (Å²) in [6.45, 7) is 0.547. The van der Waals surface area contributed by atoms with Crippen LogP contribution in [-0.4, -0.2) is 77.4 Å². The molecule has 2 saturated carbocycles. The van der Waals surface area contributed by atoms with E-state index < -0.39 is 30.9 Å². The van der Waals surface area contributed by atoms with Gasteiger partial charge in [0.25, 0.3) is 0 Å². The number of hydrogen-bond acceptors (Lipinski definition) is 7. The molecule has 0 spiro atoms. The van der Waals surface area contributed by atoms with E-state index in [-0.39, 0.29) is 29.6 Å². The predicted molar refractivity (Wildman–Crippen MR) is 163 cm³/mol. The van der Waals surface area contributed by atoms with Crippen molar-refractivity contribution in [3.63, 3.8) is 0 Å². The number of carboxylic acid groups (broad SMARTS) is 1. The first-order chi connectivity index (χ1) is 21.3. The van der Waals surface area contributed by atoms with Crippen LogP contribution in [0, 0.1) is 23.7 Å². The molecule has 0 unspecified atom stereocenters. The molecule has 2 aliphatic heterocycles. The number of fused-ring (bicyclic) bond motifs is 1. The van der Waals surface area contributed by atoms with E-state index in [4.69, 9.17) is 9.84 Å². The molecule has 4 fully saturated rings. The van der Waals surface area contributed by atoms with E-state index in [1.165, 1.54) is 22.7 Å². The Morgan fingerprint density at radius 1 is 1.07 bits per heavy atom. The Hall–Kier alpha value is -3.48. The van der Waals surface area contributed by atoms with E-state index in [2.05, 4.69) is 15.6 Å². The number of amides is 4. The van der Waals surface area contributed by atoms with E-state index >= 15 is 0 Å². The summed E-state index contributed by atoms with van der Waals surface area (Å²) in [5.74, 6) is -0.133. The van der Waals surface area contributed by atoms with Crippen molar-refractivity contribution in [1.29, 1.82) is 0 Å². The molecule has 3 atom stereocenters. The number of cyclic esters (lactones) is 1. The normalized spacial score (nSPS) is 26.9. The van der Waals surface area contributed by atoms with Gasteiger partial charge in [-0.1, -0.05) is 43.4 Å². The van der Waals surface area contributed by atoms with Crippen molar-refractivity contribution in [3.8, 4) is 0 Å². The summed E-state index contributed by atoms with van der Waals surface area (Å²) in [5.41, 5.74) is 1.34. The first-order valence-corrected chi connectivity index (χ1v) is 16.7. The van der Waals surface area contributed by atoms with Crippen LogP contribution in [0.2, 0.25) is 0 Å². The smallest absolute Gasteiger partial charge is 0.416 e. The number of aromatic nitrogens is 1. The topological polar surface area (TPSA) is 141 Å². The molecule has 2 saturated heterocycles. The molecule has 2 aromatic rings. The third-order valence-corrected chi connectivity index (χ3v) is 11.1. The number of nitrogens with zero attached hydrogens (tertiary/aromatic N) is 3. The standard InChI is InChI=1S/C31H40FN5O6S/c32-17-24(35-30(40)41)19-6-8-20(9-7-19)28(39)36-13-12-22(18-4-2-1-3-5-18)26(36)27(38)33-21-10-11-23-25(16-21)44-29(34-23)37-14-15-43-31(37)42/h10-11,16,18-20,22,24,26,35H,1-9,12-15,17H2,(H,33,38)(H,40,41)/t19?,20?,22-,24+,26-/m0/s1. The zero-order chi connectivity index (χ0) is 30.8. The largest absolute Gasteiger partial charge is 0.465 e. The van der Waals surface area contributed by atoms with Crippen molar-refractivity contribution < 1.29 is 33.4 Å². The summed E-state index contributed by atoms with van der Waals surface area (Å²) in [7, 11) is 0. The van der Waals surface area contributed by atoms with Crippen LogP contribution >= 0.6 is 11.3 Å². The molecule has 1 aromatic carbocycles. The second-order valence-electron chi connectivity index (χ2n) is 12.6. The minimum Gasteiger partial charge on any atom is -0.465 e. The van der Waals surface area contributed by atoms with Gasteiger partial charge in [0.2, 0.25) is 11.8 Å². The van der Waals surface area contributed by atoms with Gasteiger partial charge in [0, 0.05) is 18.2 Å². The molecule has 13 heteroatoms. The molecule has 3 N–H and O–H groups in total. The number of ether oxygens (including phenoxy) is 1. The number of carbonyl (C=O) groups excluding carboxylic acids is 3. The SMILES string of the molecule is O=C(O)N[C@H](CF)C1CCC(C(=O)N2CC[C@@H](C3CCCCC3)[C@H]2C(=O)Nc2ccc3nc(N4CCOC4=O)sc3c2)CC1. The molecule has 44 heavy (non-hydrogen) atoms. The molecular weight excluding hydrogens is 589 g/mol. The van der Waals surface area contributed by atoms with Crippen molar-refractivity contribution >= 4 is 56.4 Å². The van der Waals surface area contributed by atoms with Crippen LogP contribution in [0.4, 0.5) is 24.8 Å². The van der Waals surface area contributed by atoms with Gasteiger partial charge in [-0.05, 0) is 68.1 Å². The van der Waals surface area contributed by atoms with Crippen LogP contribution in [0.3, 0.4) is 0 Å². The molecule has 4 amide bonds. The number of carbonyl (C=O) groups is 4. The van der Waals surface area contributed by atoms with Crippen LogP contribution in [0.1, 0.15) is 64.2 Å². The lowest BCUT2D eigenvalue weighted by Crippen LogP contribution is -2.50. The van der Waals surface area contributed by atoms with Gasteiger partial charge in [0.15, 0.2) is 5.13 Å². The number of thiazole rings is 1. The Morgan fingerprint density at radius 3 is 2.52 bits per heavy atom. The lowest BCUT2D eigenvalue weighted by atomic mass is 9.76. The minimum absolute atomic E-state index is 0.0232. The maximum absolute atomic E-state index is 14.0. The fraction of sp³-hybridized carbons (Fsp3) is 0.645. The zero-order valence-electron chi connectivity index (χ0n) is 24.7. The lowest BCUT2D eigenvalue weighted by molar-refractivity contribution is -0.142. The third kappa shape index (κ3) is 6.33. The van der Waals surface area contributed by atoms with Gasteiger partial charge in [0.1, 0.15) is 19.3 Å². The second-order valence-corrected chi connectivity index (χ2v) is 13.6. The Kier molecular flexibility index (Phi) is 9.20. The van der Waals surface area contributed by atoms with Crippen LogP contribution < -0.4 is 15.5 Å². The van der Waals surface area contributed by atoms with Crippen molar-refractivity contribution in [2.75, 3.05) is 36.6 Å². The number of halogens is 1. The first kappa shape index (κ1) is 30.5. The Bertz CT molecular complexity index is 1390. The molecule has 0 bridgehead atoms. The number of likely N-dealkylation sites (tertiary alicyclic amines) is 1. The summed E-state index contributed by atoms with van der Waals surface area (Å²) in [5, 5.41) is 15.0. The molecule has 238 valence electrons. The molecule has 1 aromatic heterocycles. The van der Waals surface area contributed by atoms with Crippen molar-refractivity contribution in [1.82, 2.24) is 15.2 Å². The van der Waals surface area contributed by atoms with Gasteiger partial charge in [-0.15, -0.1) is 0 Å². The molecule has 2 aliphatic carbocycles. The molecule has 6 rings (SSSR count). The van der Waals surface area contributed by atoms with Gasteiger partial charge in [-0.2, -0.15) is 0 Å². The molecule has 0 radical (unpaired) electrons. The Morgan fingerprint density at radius 2 is 1.84 bits per heavy atom. The third-order valence-electron chi connectivity index (χ3n) is 10.1. The number of rotatable bonds is 8. The number of benzene rings is 1. The van der Waals surface area contributed by atoms with Gasteiger partial charge in [0.05, 0.1) is 22.8 Å². The highest BCUT2D eigenvalue weighted by atomic mass is 32.1. The van der Waals surface area contributed by atoms with Crippen LogP contribution in [-0.2, 0) is 14.3 Å². The summed E-state index contributed by atoms with van der Waals surface area (Å²) < 4.78 is 19.4. The number of hydrogen-bond donors (Lipinski definition) is 3. The number of anilines is 2. The average Bonchev–Trinajstić information content (AvgIpc) is 3.77. The van der Waals surface area contributed by atoms with Crippen molar-refractivity contribution in [2.24, 2.45) is 23.7 Å². The highest BCUT2D eigenvalue weighted by molar-refractivity contribution is 7.22. The lowest BCUT2D eigenvalue weighted by Gasteiger charge is -2.37. The average molecular weight is 630 g/mol. The van der Waals surface area contributed by atoms with Gasteiger partial charge < -0.3 is 25.4 Å². The fourth-order valence-electron chi connectivity index (χ4n) is 7.79. The highest BCUT2D eigenvalue weighted by Gasteiger charge is 2.47. The van der Waals surface area contributed by atoms with Gasteiger partial charge in [-0.3, -0.25) is 9.59 Å². The molecular formula is C31H40FN5O6S. The molecule has 11 nitrogen and oxygen atoms in total. The van der Waals surface area contributed by atoms with E-state index in [9.17, 15) is 23.6 Å².